The SMILES string of the molecule is COSc1ccc(C)cc1.Cc1ccc(S(=O)(=O)c2cn(CCN)c3ncccc23)cc1.Cl.Cl.ClCCCl.O=C1[N-]C(=O)c2ccccc21.[K+].c1cnc2[nH]ccc2c1. The van der Waals surface area contributed by atoms with Crippen LogP contribution in [0.4, 0.5) is 0 Å². The summed E-state index contributed by atoms with van der Waals surface area (Å²) >= 11 is 11.5. The standard InChI is InChI=1S/C16H17N3O2S.C8H5NO2.C8H10OS.C7H6N2.C2H4Cl2.2ClH.K/c1-12-4-6-13(7-5-12)22(20,21)15-11-19(10-8-17)16-14(15)3-2-9-18-16;10-7-5-3-1-2-4-6(5)8(11)9-7;1-7-3-5-8(6-4-7)10-9-2;1-2-6-3-5-9-7(6)8-4-1;3-1-2-4;;;/h2-7,9,11H,8,10,17H2,1H3;1-4H,(H,9,10,11);3-6H,1-2H3;1-5H,(H,8,9);1-2H2;2*1H;/q;;;;;;;+1/p-1. The minimum atomic E-state index is -3.58. The Morgan fingerprint density at radius 2 is 1.36 bits per heavy atom. The van der Waals surface area contributed by atoms with Crippen LogP contribution in [-0.4, -0.2) is 65.2 Å². The van der Waals surface area contributed by atoms with Gasteiger partial charge in [-0.15, -0.1) is 48.0 Å². The Hall–Kier alpha value is -2.80. The first-order chi connectivity index (χ1) is 27.0. The molecular weight excluding hydrogens is 902 g/mol. The molecule has 0 saturated carbocycles. The number of hydrogen-bond acceptors (Lipinski definition) is 9. The second-order valence-electron chi connectivity index (χ2n) is 11.8. The third-order valence-corrected chi connectivity index (χ3v) is 10.8. The smallest absolute Gasteiger partial charge is 0.587 e. The number of amides is 2. The summed E-state index contributed by atoms with van der Waals surface area (Å²) in [6.07, 6.45) is 6.94. The second kappa shape index (κ2) is 27.9. The maximum atomic E-state index is 12.9. The van der Waals surface area contributed by atoms with E-state index in [2.05, 4.69) is 39.3 Å². The molecule has 5 heterocycles. The number of carbonyl (C=O) groups excluding carboxylic acids is 2. The van der Waals surface area contributed by atoms with Gasteiger partial charge in [0.2, 0.25) is 9.84 Å². The molecule has 1 aliphatic rings. The Balaban J connectivity index is 0.000000400. The molecule has 0 saturated heterocycles. The normalized spacial score (nSPS) is 10.9. The number of nitrogens with two attached hydrogens (primary N) is 1. The molecule has 0 aliphatic carbocycles. The van der Waals surface area contributed by atoms with Gasteiger partial charge in [0.15, 0.2) is 0 Å². The van der Waals surface area contributed by atoms with Gasteiger partial charge in [-0.05, 0) is 68.4 Å². The van der Waals surface area contributed by atoms with Crippen LogP contribution >= 0.6 is 60.1 Å². The van der Waals surface area contributed by atoms with Crippen LogP contribution in [0.3, 0.4) is 0 Å². The number of pyridine rings is 2. The zero-order valence-electron chi connectivity index (χ0n) is 32.7. The molecule has 0 spiro atoms. The summed E-state index contributed by atoms with van der Waals surface area (Å²) < 4.78 is 32.5. The first kappa shape index (κ1) is 54.2. The number of halogens is 4. The van der Waals surface area contributed by atoms with E-state index in [4.69, 9.17) is 33.1 Å². The minimum absolute atomic E-state index is 0. The number of carbonyl (C=O) groups is 2. The molecule has 1 aliphatic heterocycles. The van der Waals surface area contributed by atoms with Gasteiger partial charge in [0, 0.05) is 88.5 Å². The van der Waals surface area contributed by atoms with Crippen molar-refractivity contribution in [3.63, 3.8) is 0 Å². The summed E-state index contributed by atoms with van der Waals surface area (Å²) in [5.74, 6) is 0.263. The molecule has 2 amide bonds. The number of rotatable bonds is 7. The summed E-state index contributed by atoms with van der Waals surface area (Å²) in [5, 5.41) is 5.07. The molecule has 0 radical (unpaired) electrons. The van der Waals surface area contributed by atoms with E-state index < -0.39 is 21.7 Å². The summed E-state index contributed by atoms with van der Waals surface area (Å²) in [6, 6.07) is 31.2. The Kier molecular flexibility index (Phi) is 25.7. The predicted octanol–water partition coefficient (Wildman–Crippen LogP) is 7.01. The quantitative estimate of drug-likeness (QED) is 0.0741. The number of benzene rings is 3. The van der Waals surface area contributed by atoms with Crippen LogP contribution in [0.15, 0.2) is 143 Å². The van der Waals surface area contributed by atoms with Gasteiger partial charge in [-0.1, -0.05) is 59.7 Å². The molecule has 4 aromatic heterocycles. The van der Waals surface area contributed by atoms with Crippen LogP contribution in [-0.2, 0) is 20.6 Å². The van der Waals surface area contributed by atoms with Crippen molar-refractivity contribution in [3.8, 4) is 0 Å². The van der Waals surface area contributed by atoms with Crippen molar-refractivity contribution in [2.24, 2.45) is 5.73 Å². The summed E-state index contributed by atoms with van der Waals surface area (Å²) in [7, 11) is -1.91. The zero-order chi connectivity index (χ0) is 40.5. The molecule has 8 rings (SSSR count). The third-order valence-electron chi connectivity index (χ3n) is 7.77. The molecule has 308 valence electrons. The Bertz CT molecular complexity index is 2390. The second-order valence-corrected chi connectivity index (χ2v) is 15.4. The number of hydrogen-bond donors (Lipinski definition) is 2. The van der Waals surface area contributed by atoms with E-state index in [1.54, 1.807) is 90.9 Å². The van der Waals surface area contributed by atoms with Gasteiger partial charge in [0.1, 0.15) is 11.3 Å². The van der Waals surface area contributed by atoms with Crippen LogP contribution in [0, 0.1) is 13.8 Å². The number of nitrogens with zero attached hydrogens (tertiary/aromatic N) is 4. The summed E-state index contributed by atoms with van der Waals surface area (Å²) in [6.45, 7) is 4.94. The van der Waals surface area contributed by atoms with E-state index in [-0.39, 0.29) is 86.0 Å². The fourth-order valence-electron chi connectivity index (χ4n) is 5.10. The van der Waals surface area contributed by atoms with Crippen molar-refractivity contribution in [1.29, 1.82) is 0 Å². The topological polar surface area (TPSA) is 164 Å². The number of sulfone groups is 1. The van der Waals surface area contributed by atoms with Crippen LogP contribution in [0.5, 0.6) is 0 Å². The van der Waals surface area contributed by atoms with Gasteiger partial charge in [0.25, 0.3) is 0 Å². The predicted molar refractivity (Wildman–Crippen MR) is 240 cm³/mol. The van der Waals surface area contributed by atoms with E-state index in [0.29, 0.717) is 47.0 Å². The fourth-order valence-corrected chi connectivity index (χ4v) is 7.00. The number of nitrogens with one attached hydrogen (secondary N) is 1. The van der Waals surface area contributed by atoms with Gasteiger partial charge in [0.05, 0.1) is 28.7 Å². The van der Waals surface area contributed by atoms with Crippen molar-refractivity contribution in [1.82, 2.24) is 19.5 Å². The Morgan fingerprint density at radius 3 is 1.90 bits per heavy atom. The van der Waals surface area contributed by atoms with E-state index in [1.165, 1.54) is 17.6 Å². The molecule has 11 nitrogen and oxygen atoms in total. The molecule has 0 fully saturated rings. The Labute approximate surface area is 414 Å². The zero-order valence-corrected chi connectivity index (χ0v) is 40.7. The number of alkyl halides is 2. The monoisotopic (exact) mass is 942 g/mol. The summed E-state index contributed by atoms with van der Waals surface area (Å²) in [4.78, 5) is 34.9. The minimum Gasteiger partial charge on any atom is -0.587 e. The van der Waals surface area contributed by atoms with Gasteiger partial charge in [-0.3, -0.25) is 0 Å². The van der Waals surface area contributed by atoms with Crippen molar-refractivity contribution in [3.05, 3.63) is 155 Å². The molecule has 7 aromatic rings. The van der Waals surface area contributed by atoms with E-state index in [0.717, 1.165) is 21.5 Å². The maximum Gasteiger partial charge on any atom is 1.00 e. The largest absolute Gasteiger partial charge is 1.00 e. The number of aromatic amines is 1. The van der Waals surface area contributed by atoms with E-state index in [1.807, 2.05) is 43.5 Å². The van der Waals surface area contributed by atoms with Gasteiger partial charge < -0.3 is 34.4 Å². The number of fused-ring (bicyclic) bond motifs is 3. The first-order valence-corrected chi connectivity index (χ1v) is 20.5. The number of aryl methyl sites for hydroxylation is 2. The molecule has 3 N–H and O–H groups in total. The number of imide groups is 1. The van der Waals surface area contributed by atoms with Crippen molar-refractivity contribution >= 4 is 104 Å². The molecule has 59 heavy (non-hydrogen) atoms. The van der Waals surface area contributed by atoms with Gasteiger partial charge >= 0.3 is 51.4 Å². The summed E-state index contributed by atoms with van der Waals surface area (Å²) in [5.41, 5.74) is 10.3. The van der Waals surface area contributed by atoms with Gasteiger partial charge in [-0.2, -0.15) is 0 Å². The molecule has 0 bridgehead atoms. The molecule has 0 atom stereocenters. The van der Waals surface area contributed by atoms with Crippen LogP contribution in [0.25, 0.3) is 27.4 Å². The first-order valence-electron chi connectivity index (χ1n) is 17.2. The van der Waals surface area contributed by atoms with E-state index in [9.17, 15) is 18.0 Å². The van der Waals surface area contributed by atoms with Gasteiger partial charge in [-0.25, -0.2) is 18.4 Å². The van der Waals surface area contributed by atoms with Crippen molar-refractivity contribution in [2.75, 3.05) is 25.4 Å². The van der Waals surface area contributed by atoms with E-state index >= 15 is 0 Å². The third kappa shape index (κ3) is 15.9. The van der Waals surface area contributed by atoms with Crippen LogP contribution in [0.1, 0.15) is 31.8 Å². The molecular formula is C41H43Cl4KN6O5S2. The van der Waals surface area contributed by atoms with Crippen LogP contribution < -0.4 is 57.1 Å². The van der Waals surface area contributed by atoms with Crippen LogP contribution in [0.2, 0.25) is 0 Å². The maximum absolute atomic E-state index is 12.9. The van der Waals surface area contributed by atoms with Crippen molar-refractivity contribution < 1.29 is 73.6 Å². The number of aromatic nitrogens is 4. The molecule has 0 unspecified atom stereocenters. The fraction of sp³-hybridized carbons (Fsp3) is 0.171. The van der Waals surface area contributed by atoms with Crippen molar-refractivity contribution in [2.45, 2.75) is 35.1 Å². The molecule has 18 heteroatoms. The molecule has 3 aromatic carbocycles. The average molecular weight is 945 g/mol. The average Bonchev–Trinajstić information content (AvgIpc) is 3.93. The Morgan fingerprint density at radius 1 is 0.797 bits per heavy atom. The number of H-pyrrole nitrogens is 1.